The highest BCUT2D eigenvalue weighted by Crippen LogP contribution is 2.37. The summed E-state index contributed by atoms with van der Waals surface area (Å²) in [6, 6.07) is 4.65. The third kappa shape index (κ3) is 4.93. The van der Waals surface area contributed by atoms with E-state index < -0.39 is 15.5 Å². The SMILES string of the molecule is Cc1ncc(CN(C)S(=O)(=O)c2ccc(SC(F)(F)F)cc2)s1. The van der Waals surface area contributed by atoms with Crippen LogP contribution in [-0.4, -0.2) is 30.3 Å². The van der Waals surface area contributed by atoms with Gasteiger partial charge in [0.05, 0.1) is 9.90 Å². The number of aryl methyl sites for hydroxylation is 1. The van der Waals surface area contributed by atoms with Crippen molar-refractivity contribution in [3.8, 4) is 0 Å². The van der Waals surface area contributed by atoms with Crippen molar-refractivity contribution in [2.24, 2.45) is 0 Å². The number of thiazole rings is 1. The Morgan fingerprint density at radius 1 is 1.26 bits per heavy atom. The number of thioether (sulfide) groups is 1. The van der Waals surface area contributed by atoms with Crippen LogP contribution in [0.2, 0.25) is 0 Å². The number of aromatic nitrogens is 1. The molecule has 0 unspecified atom stereocenters. The molecule has 0 fully saturated rings. The molecule has 0 radical (unpaired) electrons. The molecule has 0 aliphatic rings. The minimum Gasteiger partial charge on any atom is -0.250 e. The molecule has 0 bridgehead atoms. The summed E-state index contributed by atoms with van der Waals surface area (Å²) in [4.78, 5) is 4.74. The van der Waals surface area contributed by atoms with Crippen LogP contribution in [0.1, 0.15) is 9.88 Å². The van der Waals surface area contributed by atoms with Crippen LogP contribution in [0.5, 0.6) is 0 Å². The van der Waals surface area contributed by atoms with Crippen molar-refractivity contribution >= 4 is 33.1 Å². The van der Waals surface area contributed by atoms with E-state index in [2.05, 4.69) is 4.98 Å². The van der Waals surface area contributed by atoms with Crippen molar-refractivity contribution in [1.29, 1.82) is 0 Å². The van der Waals surface area contributed by atoms with Gasteiger partial charge in [-0.05, 0) is 43.0 Å². The van der Waals surface area contributed by atoms with Gasteiger partial charge in [-0.15, -0.1) is 11.3 Å². The molecule has 0 saturated heterocycles. The van der Waals surface area contributed by atoms with Gasteiger partial charge in [0.2, 0.25) is 10.0 Å². The topological polar surface area (TPSA) is 50.3 Å². The molecule has 126 valence electrons. The average molecular weight is 382 g/mol. The second kappa shape index (κ2) is 6.80. The third-order valence-electron chi connectivity index (χ3n) is 2.81. The zero-order valence-corrected chi connectivity index (χ0v) is 14.6. The summed E-state index contributed by atoms with van der Waals surface area (Å²) in [5.41, 5.74) is -4.40. The lowest BCUT2D eigenvalue weighted by Gasteiger charge is -2.16. The summed E-state index contributed by atoms with van der Waals surface area (Å²) in [5, 5.41) is 0.833. The quantitative estimate of drug-likeness (QED) is 0.737. The second-order valence-corrected chi connectivity index (χ2v) is 9.13. The first-order valence-electron chi connectivity index (χ1n) is 6.31. The lowest BCUT2D eigenvalue weighted by molar-refractivity contribution is -0.0328. The summed E-state index contributed by atoms with van der Waals surface area (Å²) >= 11 is 1.11. The summed E-state index contributed by atoms with van der Waals surface area (Å²) in [6.07, 6.45) is 1.61. The van der Waals surface area contributed by atoms with E-state index in [-0.39, 0.29) is 28.1 Å². The fraction of sp³-hybridized carbons (Fsp3) is 0.308. The Morgan fingerprint density at radius 3 is 2.35 bits per heavy atom. The van der Waals surface area contributed by atoms with Crippen LogP contribution in [0, 0.1) is 6.92 Å². The van der Waals surface area contributed by atoms with E-state index >= 15 is 0 Å². The summed E-state index contributed by atoms with van der Waals surface area (Å²) in [6.45, 7) is 1.98. The summed E-state index contributed by atoms with van der Waals surface area (Å²) in [5.74, 6) is 0. The van der Waals surface area contributed by atoms with Gasteiger partial charge < -0.3 is 0 Å². The van der Waals surface area contributed by atoms with Gasteiger partial charge in [-0.25, -0.2) is 13.4 Å². The van der Waals surface area contributed by atoms with Crippen LogP contribution in [0.3, 0.4) is 0 Å². The molecular formula is C13H13F3N2O2S3. The maximum atomic E-state index is 12.4. The normalized spacial score (nSPS) is 12.8. The molecule has 0 spiro atoms. The first kappa shape index (κ1) is 18.2. The Morgan fingerprint density at radius 2 is 1.87 bits per heavy atom. The second-order valence-electron chi connectivity index (χ2n) is 4.63. The monoisotopic (exact) mass is 382 g/mol. The van der Waals surface area contributed by atoms with E-state index in [1.54, 1.807) is 6.20 Å². The van der Waals surface area contributed by atoms with E-state index in [4.69, 9.17) is 0 Å². The fourth-order valence-corrected chi connectivity index (χ4v) is 4.39. The number of hydrogen-bond acceptors (Lipinski definition) is 5. The minimum atomic E-state index is -4.40. The lowest BCUT2D eigenvalue weighted by Crippen LogP contribution is -2.26. The number of sulfonamides is 1. The van der Waals surface area contributed by atoms with Gasteiger partial charge in [-0.1, -0.05) is 0 Å². The maximum absolute atomic E-state index is 12.4. The molecule has 10 heteroatoms. The van der Waals surface area contributed by atoms with E-state index in [0.717, 1.165) is 26.3 Å². The molecule has 23 heavy (non-hydrogen) atoms. The van der Waals surface area contributed by atoms with Gasteiger partial charge in [-0.3, -0.25) is 0 Å². The number of halogens is 3. The summed E-state index contributed by atoms with van der Waals surface area (Å²) in [7, 11) is -2.35. The van der Waals surface area contributed by atoms with Crippen molar-refractivity contribution < 1.29 is 21.6 Å². The van der Waals surface area contributed by atoms with Crippen LogP contribution in [-0.2, 0) is 16.6 Å². The Hall–Kier alpha value is -1.10. The van der Waals surface area contributed by atoms with Gasteiger partial charge >= 0.3 is 5.51 Å². The zero-order valence-electron chi connectivity index (χ0n) is 12.2. The number of benzene rings is 1. The Labute approximate surface area is 140 Å². The molecule has 0 aliphatic heterocycles. The number of nitrogens with zero attached hydrogens (tertiary/aromatic N) is 2. The zero-order chi connectivity index (χ0) is 17.3. The standard InChI is InChI=1S/C13H13F3N2O2S3/c1-9-17-7-11(21-9)8-18(2)23(19,20)12-5-3-10(4-6-12)22-13(14,15)16/h3-7H,8H2,1-2H3. The Balaban J connectivity index is 2.15. The first-order chi connectivity index (χ1) is 10.6. The molecule has 2 rings (SSSR count). The van der Waals surface area contributed by atoms with Gasteiger partial charge in [-0.2, -0.15) is 17.5 Å². The van der Waals surface area contributed by atoms with Crippen molar-refractivity contribution in [2.75, 3.05) is 7.05 Å². The largest absolute Gasteiger partial charge is 0.446 e. The molecule has 1 aromatic carbocycles. The van der Waals surface area contributed by atoms with Crippen LogP contribution in [0.15, 0.2) is 40.3 Å². The molecule has 0 N–H and O–H groups in total. The van der Waals surface area contributed by atoms with E-state index in [9.17, 15) is 21.6 Å². The summed E-state index contributed by atoms with van der Waals surface area (Å²) < 4.78 is 62.8. The fourth-order valence-electron chi connectivity index (χ4n) is 1.78. The molecule has 1 aromatic heterocycles. The average Bonchev–Trinajstić information content (AvgIpc) is 2.83. The van der Waals surface area contributed by atoms with Crippen LogP contribution < -0.4 is 0 Å². The molecule has 0 saturated carbocycles. The van der Waals surface area contributed by atoms with Gasteiger partial charge in [0.25, 0.3) is 0 Å². The van der Waals surface area contributed by atoms with E-state index in [0.29, 0.717) is 0 Å². The van der Waals surface area contributed by atoms with E-state index in [1.807, 2.05) is 6.92 Å². The number of hydrogen-bond donors (Lipinski definition) is 0. The lowest BCUT2D eigenvalue weighted by atomic mass is 10.4. The highest BCUT2D eigenvalue weighted by Gasteiger charge is 2.29. The van der Waals surface area contributed by atoms with Crippen molar-refractivity contribution in [3.05, 3.63) is 40.3 Å². The Kier molecular flexibility index (Phi) is 5.39. The molecule has 0 aliphatic carbocycles. The van der Waals surface area contributed by atoms with Crippen LogP contribution >= 0.6 is 23.1 Å². The van der Waals surface area contributed by atoms with Crippen LogP contribution in [0.25, 0.3) is 0 Å². The number of alkyl halides is 3. The van der Waals surface area contributed by atoms with Crippen molar-refractivity contribution in [1.82, 2.24) is 9.29 Å². The van der Waals surface area contributed by atoms with E-state index in [1.165, 1.54) is 30.5 Å². The van der Waals surface area contributed by atoms with Gasteiger partial charge in [0, 0.05) is 29.6 Å². The van der Waals surface area contributed by atoms with Crippen molar-refractivity contribution in [2.45, 2.75) is 28.8 Å². The highest BCUT2D eigenvalue weighted by atomic mass is 32.2. The predicted molar refractivity (Wildman–Crippen MR) is 83.9 cm³/mol. The van der Waals surface area contributed by atoms with Gasteiger partial charge in [0.1, 0.15) is 0 Å². The number of rotatable bonds is 5. The maximum Gasteiger partial charge on any atom is 0.446 e. The van der Waals surface area contributed by atoms with Gasteiger partial charge in [0.15, 0.2) is 0 Å². The van der Waals surface area contributed by atoms with Crippen LogP contribution in [0.4, 0.5) is 13.2 Å². The smallest absolute Gasteiger partial charge is 0.250 e. The molecule has 2 aromatic rings. The molecule has 0 amide bonds. The molecule has 4 nitrogen and oxygen atoms in total. The predicted octanol–water partition coefficient (Wildman–Crippen LogP) is 3.88. The molecular weight excluding hydrogens is 369 g/mol. The minimum absolute atomic E-state index is 0.0484. The highest BCUT2D eigenvalue weighted by molar-refractivity contribution is 8.00. The third-order valence-corrected chi connectivity index (χ3v) is 6.27. The Bertz CT molecular complexity index is 771. The first-order valence-corrected chi connectivity index (χ1v) is 9.39. The molecule has 1 heterocycles. The molecule has 0 atom stereocenters. The van der Waals surface area contributed by atoms with Crippen molar-refractivity contribution in [3.63, 3.8) is 0 Å².